The molecule has 0 saturated carbocycles. The standard InChI is InChI=1S/C15H17N3O5.H2/c1-8-10-5-13(19)17(2)12(10)4-3-11(8)18-7-9(23-15(18)22)6-16-14(20)21;/h3-4,9,16H,5-7H2,1-2H3,(H,20,21);1H/t9-;/m0./s1. The summed E-state index contributed by atoms with van der Waals surface area (Å²) in [6.45, 7) is 2.18. The summed E-state index contributed by atoms with van der Waals surface area (Å²) in [6.07, 6.45) is -1.88. The van der Waals surface area contributed by atoms with Crippen LogP contribution in [0.2, 0.25) is 0 Å². The first-order valence-corrected chi connectivity index (χ1v) is 7.22. The van der Waals surface area contributed by atoms with Gasteiger partial charge in [-0.05, 0) is 30.2 Å². The van der Waals surface area contributed by atoms with E-state index < -0.39 is 18.3 Å². The maximum atomic E-state index is 12.1. The molecule has 3 amide bonds. The summed E-state index contributed by atoms with van der Waals surface area (Å²) < 4.78 is 5.18. The highest BCUT2D eigenvalue weighted by molar-refractivity contribution is 6.03. The number of hydrogen-bond donors (Lipinski definition) is 2. The highest BCUT2D eigenvalue weighted by Crippen LogP contribution is 2.36. The molecular weight excluding hydrogens is 302 g/mol. The van der Waals surface area contributed by atoms with E-state index >= 15 is 0 Å². The molecule has 1 saturated heterocycles. The number of likely N-dealkylation sites (N-methyl/N-ethyl adjacent to an activating group) is 1. The van der Waals surface area contributed by atoms with Crippen LogP contribution in [-0.4, -0.2) is 49.4 Å². The number of ether oxygens (including phenoxy) is 1. The number of carboxylic acid groups (broad SMARTS) is 1. The van der Waals surface area contributed by atoms with E-state index in [0.29, 0.717) is 12.1 Å². The van der Waals surface area contributed by atoms with Gasteiger partial charge in [0.15, 0.2) is 0 Å². The van der Waals surface area contributed by atoms with Crippen LogP contribution in [0.3, 0.4) is 0 Å². The Balaban J connectivity index is 0.00000208. The van der Waals surface area contributed by atoms with Crippen molar-refractivity contribution in [3.05, 3.63) is 23.3 Å². The first kappa shape index (κ1) is 15.1. The van der Waals surface area contributed by atoms with E-state index in [1.165, 1.54) is 4.90 Å². The topological polar surface area (TPSA) is 99.2 Å². The summed E-state index contributed by atoms with van der Waals surface area (Å²) >= 11 is 0. The van der Waals surface area contributed by atoms with Crippen molar-refractivity contribution in [2.45, 2.75) is 19.4 Å². The monoisotopic (exact) mass is 321 g/mol. The average Bonchev–Trinajstić information content (AvgIpc) is 3.00. The van der Waals surface area contributed by atoms with Crippen molar-refractivity contribution in [3.63, 3.8) is 0 Å². The predicted molar refractivity (Wildman–Crippen MR) is 84.0 cm³/mol. The zero-order valence-corrected chi connectivity index (χ0v) is 12.8. The summed E-state index contributed by atoms with van der Waals surface area (Å²) in [5, 5.41) is 10.8. The number of carbonyl (C=O) groups excluding carboxylic acids is 2. The number of fused-ring (bicyclic) bond motifs is 1. The second-order valence-corrected chi connectivity index (χ2v) is 5.64. The van der Waals surface area contributed by atoms with Crippen LogP contribution in [0.5, 0.6) is 0 Å². The summed E-state index contributed by atoms with van der Waals surface area (Å²) in [7, 11) is 1.73. The van der Waals surface area contributed by atoms with Crippen LogP contribution in [0.15, 0.2) is 12.1 Å². The van der Waals surface area contributed by atoms with E-state index in [-0.39, 0.29) is 20.4 Å². The SMILES string of the molecule is Cc1c(N2C[C@H](CNC(=O)O)OC2=O)ccc2c1CC(=O)N2C.[HH]. The normalized spacial score (nSPS) is 19.8. The van der Waals surface area contributed by atoms with Crippen molar-refractivity contribution in [1.82, 2.24) is 5.32 Å². The Bertz CT molecular complexity index is 709. The van der Waals surface area contributed by atoms with Crippen LogP contribution in [0.25, 0.3) is 0 Å². The predicted octanol–water partition coefficient (Wildman–Crippen LogP) is 1.35. The molecule has 2 aliphatic rings. The molecule has 1 aromatic carbocycles. The third kappa shape index (κ3) is 2.56. The highest BCUT2D eigenvalue weighted by atomic mass is 16.6. The zero-order chi connectivity index (χ0) is 16.7. The molecule has 8 nitrogen and oxygen atoms in total. The fourth-order valence-corrected chi connectivity index (χ4v) is 2.99. The Morgan fingerprint density at radius 1 is 1.43 bits per heavy atom. The van der Waals surface area contributed by atoms with Gasteiger partial charge < -0.3 is 20.1 Å². The Morgan fingerprint density at radius 3 is 2.83 bits per heavy atom. The van der Waals surface area contributed by atoms with E-state index in [0.717, 1.165) is 16.8 Å². The summed E-state index contributed by atoms with van der Waals surface area (Å²) in [5.74, 6) is 0.0211. The van der Waals surface area contributed by atoms with Crippen molar-refractivity contribution in [3.8, 4) is 0 Å². The van der Waals surface area contributed by atoms with Crippen LogP contribution in [0.4, 0.5) is 21.0 Å². The van der Waals surface area contributed by atoms with Crippen molar-refractivity contribution < 1.29 is 25.7 Å². The lowest BCUT2D eigenvalue weighted by Crippen LogP contribution is -2.33. The molecule has 2 heterocycles. The number of benzene rings is 1. The third-order valence-electron chi connectivity index (χ3n) is 4.25. The van der Waals surface area contributed by atoms with Gasteiger partial charge in [-0.25, -0.2) is 9.59 Å². The van der Waals surface area contributed by atoms with Gasteiger partial charge in [-0.3, -0.25) is 9.69 Å². The maximum absolute atomic E-state index is 12.1. The highest BCUT2D eigenvalue weighted by Gasteiger charge is 2.35. The minimum atomic E-state index is -1.16. The Kier molecular flexibility index (Phi) is 3.59. The lowest BCUT2D eigenvalue weighted by Gasteiger charge is -2.19. The molecule has 0 aliphatic carbocycles. The largest absolute Gasteiger partial charge is 0.465 e. The van der Waals surface area contributed by atoms with Crippen molar-refractivity contribution >= 4 is 29.5 Å². The molecule has 0 bridgehead atoms. The van der Waals surface area contributed by atoms with Gasteiger partial charge in [0.1, 0.15) is 6.10 Å². The molecule has 0 radical (unpaired) electrons. The fraction of sp³-hybridized carbons (Fsp3) is 0.400. The quantitative estimate of drug-likeness (QED) is 0.875. The first-order valence-electron chi connectivity index (χ1n) is 7.22. The van der Waals surface area contributed by atoms with Gasteiger partial charge in [-0.2, -0.15) is 0 Å². The lowest BCUT2D eigenvalue weighted by atomic mass is 10.0. The van der Waals surface area contributed by atoms with Crippen molar-refractivity contribution in [2.75, 3.05) is 29.9 Å². The van der Waals surface area contributed by atoms with Gasteiger partial charge in [0, 0.05) is 14.2 Å². The second kappa shape index (κ2) is 5.45. The molecular formula is C15H19N3O5. The number of nitrogens with zero attached hydrogens (tertiary/aromatic N) is 2. The smallest absolute Gasteiger partial charge is 0.414 e. The van der Waals surface area contributed by atoms with Gasteiger partial charge in [0.2, 0.25) is 5.91 Å². The Hall–Kier alpha value is -2.77. The number of rotatable bonds is 3. The van der Waals surface area contributed by atoms with Gasteiger partial charge in [0.25, 0.3) is 0 Å². The summed E-state index contributed by atoms with van der Waals surface area (Å²) in [6, 6.07) is 3.61. The third-order valence-corrected chi connectivity index (χ3v) is 4.25. The number of carbonyl (C=O) groups is 3. The summed E-state index contributed by atoms with van der Waals surface area (Å²) in [5.41, 5.74) is 3.32. The van der Waals surface area contributed by atoms with Crippen LogP contribution < -0.4 is 15.1 Å². The van der Waals surface area contributed by atoms with E-state index in [4.69, 9.17) is 9.84 Å². The molecule has 0 spiro atoms. The molecule has 8 heteroatoms. The van der Waals surface area contributed by atoms with Crippen LogP contribution >= 0.6 is 0 Å². The number of cyclic esters (lactones) is 1. The molecule has 1 fully saturated rings. The first-order chi connectivity index (χ1) is 10.9. The minimum Gasteiger partial charge on any atom is -0.465 e. The van der Waals surface area contributed by atoms with E-state index in [1.54, 1.807) is 18.0 Å². The summed E-state index contributed by atoms with van der Waals surface area (Å²) in [4.78, 5) is 37.5. The molecule has 0 unspecified atom stereocenters. The minimum absolute atomic E-state index is 0. The van der Waals surface area contributed by atoms with Crippen LogP contribution in [0, 0.1) is 6.92 Å². The number of amides is 3. The van der Waals surface area contributed by atoms with E-state index in [2.05, 4.69) is 5.32 Å². The number of hydrogen-bond acceptors (Lipinski definition) is 4. The van der Waals surface area contributed by atoms with Gasteiger partial charge >= 0.3 is 12.2 Å². The number of nitrogens with one attached hydrogen (secondary N) is 1. The van der Waals surface area contributed by atoms with Gasteiger partial charge in [0.05, 0.1) is 25.2 Å². The van der Waals surface area contributed by atoms with Crippen molar-refractivity contribution in [1.29, 1.82) is 0 Å². The molecule has 23 heavy (non-hydrogen) atoms. The van der Waals surface area contributed by atoms with Crippen LogP contribution in [-0.2, 0) is 16.0 Å². The molecule has 0 aromatic heterocycles. The number of anilines is 2. The van der Waals surface area contributed by atoms with Crippen molar-refractivity contribution in [2.24, 2.45) is 0 Å². The average molecular weight is 321 g/mol. The Morgan fingerprint density at radius 2 is 2.13 bits per heavy atom. The van der Waals surface area contributed by atoms with E-state index in [1.807, 2.05) is 13.0 Å². The second-order valence-electron chi connectivity index (χ2n) is 5.64. The van der Waals surface area contributed by atoms with Crippen LogP contribution in [0.1, 0.15) is 12.6 Å². The molecule has 2 N–H and O–H groups in total. The molecule has 2 aliphatic heterocycles. The fourth-order valence-electron chi connectivity index (χ4n) is 2.99. The lowest BCUT2D eigenvalue weighted by molar-refractivity contribution is -0.117. The molecule has 1 aromatic rings. The van der Waals surface area contributed by atoms with E-state index in [9.17, 15) is 14.4 Å². The maximum Gasteiger partial charge on any atom is 0.414 e. The molecule has 124 valence electrons. The molecule has 3 rings (SSSR count). The molecule has 1 atom stereocenters. The Labute approximate surface area is 134 Å². The van der Waals surface area contributed by atoms with Gasteiger partial charge in [-0.15, -0.1) is 0 Å². The van der Waals surface area contributed by atoms with Gasteiger partial charge in [-0.1, -0.05) is 0 Å². The zero-order valence-electron chi connectivity index (χ0n) is 12.8.